The molecule has 90 valence electrons. The van der Waals surface area contributed by atoms with E-state index in [0.29, 0.717) is 10.0 Å². The number of hydrogen-bond acceptors (Lipinski definition) is 2. The molecule has 0 aliphatic heterocycles. The van der Waals surface area contributed by atoms with E-state index >= 15 is 0 Å². The average Bonchev–Trinajstić information content (AvgIpc) is 2.60. The van der Waals surface area contributed by atoms with Gasteiger partial charge in [-0.2, -0.15) is 0 Å². The van der Waals surface area contributed by atoms with Gasteiger partial charge in [-0.3, -0.25) is 4.57 Å². The first-order chi connectivity index (χ1) is 8.00. The fraction of sp³-hybridized carbons (Fsp3) is 0.273. The summed E-state index contributed by atoms with van der Waals surface area (Å²) in [7, 11) is 0. The Kier molecular flexibility index (Phi) is 3.61. The molecule has 0 saturated heterocycles. The molecule has 0 aliphatic carbocycles. The average molecular weight is 291 g/mol. The van der Waals surface area contributed by atoms with Crippen molar-refractivity contribution in [2.24, 2.45) is 0 Å². The van der Waals surface area contributed by atoms with Gasteiger partial charge in [0.15, 0.2) is 0 Å². The van der Waals surface area contributed by atoms with Crippen molar-refractivity contribution in [2.75, 3.05) is 0 Å². The quantitative estimate of drug-likeness (QED) is 0.823. The third-order valence-corrected chi connectivity index (χ3v) is 3.10. The molecule has 0 amide bonds. The van der Waals surface area contributed by atoms with Crippen molar-refractivity contribution in [2.45, 2.75) is 19.8 Å². The topological polar surface area (TPSA) is 30.7 Å². The lowest BCUT2D eigenvalue weighted by Crippen LogP contribution is -2.03. The van der Waals surface area contributed by atoms with Crippen LogP contribution in [-0.4, -0.2) is 14.8 Å². The van der Waals surface area contributed by atoms with Gasteiger partial charge in [0.05, 0.1) is 10.7 Å². The Balaban J connectivity index is 2.63. The number of benzene rings is 1. The van der Waals surface area contributed by atoms with Crippen molar-refractivity contribution in [3.8, 4) is 5.69 Å². The molecule has 0 radical (unpaired) electrons. The van der Waals surface area contributed by atoms with Gasteiger partial charge >= 0.3 is 0 Å². The number of hydrogen-bond donors (Lipinski definition) is 0. The molecule has 0 aliphatic rings. The smallest absolute Gasteiger partial charge is 0.229 e. The van der Waals surface area contributed by atoms with Gasteiger partial charge in [0.2, 0.25) is 5.28 Å². The molecule has 2 aromatic rings. The zero-order valence-electron chi connectivity index (χ0n) is 9.28. The Bertz CT molecular complexity index is 549. The van der Waals surface area contributed by atoms with Gasteiger partial charge in [-0.25, -0.2) is 0 Å². The fourth-order valence-corrected chi connectivity index (χ4v) is 2.24. The predicted octanol–water partition coefficient (Wildman–Crippen LogP) is 4.35. The predicted molar refractivity (Wildman–Crippen MR) is 70.5 cm³/mol. The molecule has 17 heavy (non-hydrogen) atoms. The zero-order valence-corrected chi connectivity index (χ0v) is 11.6. The minimum atomic E-state index is 0.196. The molecule has 0 N–H and O–H groups in total. The molecular weight excluding hydrogens is 281 g/mol. The second kappa shape index (κ2) is 4.84. The van der Waals surface area contributed by atoms with Crippen LogP contribution in [0.3, 0.4) is 0 Å². The maximum Gasteiger partial charge on any atom is 0.229 e. The zero-order chi connectivity index (χ0) is 12.6. The molecule has 6 heteroatoms. The first-order valence-electron chi connectivity index (χ1n) is 5.07. The molecule has 0 spiro atoms. The summed E-state index contributed by atoms with van der Waals surface area (Å²) in [6.07, 6.45) is 0. The summed E-state index contributed by atoms with van der Waals surface area (Å²) in [6.45, 7) is 4.03. The van der Waals surface area contributed by atoms with Crippen LogP contribution >= 0.6 is 34.8 Å². The van der Waals surface area contributed by atoms with E-state index in [-0.39, 0.29) is 11.2 Å². The Morgan fingerprint density at radius 2 is 1.82 bits per heavy atom. The van der Waals surface area contributed by atoms with E-state index in [1.54, 1.807) is 22.8 Å². The minimum absolute atomic E-state index is 0.196. The maximum absolute atomic E-state index is 6.15. The molecular formula is C11H10Cl3N3. The van der Waals surface area contributed by atoms with Gasteiger partial charge in [-0.05, 0) is 29.8 Å². The Hall–Kier alpha value is -0.770. The van der Waals surface area contributed by atoms with Gasteiger partial charge in [-0.1, -0.05) is 37.0 Å². The monoisotopic (exact) mass is 289 g/mol. The fourth-order valence-electron chi connectivity index (χ4n) is 1.54. The molecule has 0 fully saturated rings. The number of nitrogens with zero attached hydrogens (tertiary/aromatic N) is 3. The van der Waals surface area contributed by atoms with Crippen LogP contribution in [0.25, 0.3) is 5.69 Å². The summed E-state index contributed by atoms with van der Waals surface area (Å²) in [5.74, 6) is 0.959. The Morgan fingerprint density at radius 3 is 2.41 bits per heavy atom. The van der Waals surface area contributed by atoms with Crippen LogP contribution in [0.1, 0.15) is 25.6 Å². The molecule has 2 rings (SSSR count). The molecule has 0 unspecified atom stereocenters. The first kappa shape index (κ1) is 12.7. The summed E-state index contributed by atoms with van der Waals surface area (Å²) >= 11 is 18.0. The van der Waals surface area contributed by atoms with Crippen LogP contribution < -0.4 is 0 Å². The lowest BCUT2D eigenvalue weighted by Gasteiger charge is -2.11. The highest BCUT2D eigenvalue weighted by Crippen LogP contribution is 2.29. The van der Waals surface area contributed by atoms with E-state index in [2.05, 4.69) is 10.2 Å². The van der Waals surface area contributed by atoms with Crippen molar-refractivity contribution in [3.63, 3.8) is 0 Å². The molecule has 0 atom stereocenters. The van der Waals surface area contributed by atoms with E-state index in [1.807, 2.05) is 13.8 Å². The van der Waals surface area contributed by atoms with Crippen molar-refractivity contribution >= 4 is 34.8 Å². The second-order valence-electron chi connectivity index (χ2n) is 3.91. The van der Waals surface area contributed by atoms with Gasteiger partial charge < -0.3 is 0 Å². The van der Waals surface area contributed by atoms with Crippen LogP contribution in [-0.2, 0) is 0 Å². The number of rotatable bonds is 2. The van der Waals surface area contributed by atoms with Gasteiger partial charge in [0.1, 0.15) is 5.82 Å². The van der Waals surface area contributed by atoms with Gasteiger partial charge in [-0.15, -0.1) is 10.2 Å². The summed E-state index contributed by atoms with van der Waals surface area (Å²) in [4.78, 5) is 0. The normalized spacial score (nSPS) is 11.2. The molecule has 3 nitrogen and oxygen atoms in total. The lowest BCUT2D eigenvalue weighted by molar-refractivity contribution is 0.746. The largest absolute Gasteiger partial charge is 0.268 e. The second-order valence-corrected chi connectivity index (χ2v) is 5.09. The van der Waals surface area contributed by atoms with E-state index in [4.69, 9.17) is 34.8 Å². The van der Waals surface area contributed by atoms with E-state index in [9.17, 15) is 0 Å². The summed E-state index contributed by atoms with van der Waals surface area (Å²) in [5.41, 5.74) is 0.731. The molecule has 1 heterocycles. The highest BCUT2D eigenvalue weighted by atomic mass is 35.5. The SMILES string of the molecule is CC(C)c1nnc(Cl)n1-c1ccc(Cl)cc1Cl. The van der Waals surface area contributed by atoms with Gasteiger partial charge in [0.25, 0.3) is 0 Å². The van der Waals surface area contributed by atoms with Gasteiger partial charge in [0, 0.05) is 10.9 Å². The third kappa shape index (κ3) is 2.41. The highest BCUT2D eigenvalue weighted by molar-refractivity contribution is 6.36. The van der Waals surface area contributed by atoms with Crippen molar-refractivity contribution < 1.29 is 0 Å². The minimum Gasteiger partial charge on any atom is -0.268 e. The van der Waals surface area contributed by atoms with E-state index in [1.165, 1.54) is 0 Å². The van der Waals surface area contributed by atoms with Crippen molar-refractivity contribution in [1.29, 1.82) is 0 Å². The Morgan fingerprint density at radius 1 is 1.12 bits per heavy atom. The standard InChI is InChI=1S/C11H10Cl3N3/c1-6(2)10-15-16-11(14)17(10)9-4-3-7(12)5-8(9)13/h3-6H,1-2H3. The van der Waals surface area contributed by atoms with Crippen LogP contribution in [0.15, 0.2) is 18.2 Å². The summed E-state index contributed by atoms with van der Waals surface area (Å²) in [5, 5.41) is 9.29. The summed E-state index contributed by atoms with van der Waals surface area (Å²) in [6, 6.07) is 5.22. The van der Waals surface area contributed by atoms with E-state index in [0.717, 1.165) is 11.5 Å². The van der Waals surface area contributed by atoms with Crippen LogP contribution in [0.4, 0.5) is 0 Å². The third-order valence-electron chi connectivity index (χ3n) is 2.32. The summed E-state index contributed by atoms with van der Waals surface area (Å²) < 4.78 is 1.73. The van der Waals surface area contributed by atoms with Crippen molar-refractivity contribution in [3.05, 3.63) is 39.4 Å². The van der Waals surface area contributed by atoms with Crippen molar-refractivity contribution in [1.82, 2.24) is 14.8 Å². The molecule has 1 aromatic carbocycles. The first-order valence-corrected chi connectivity index (χ1v) is 6.20. The highest BCUT2D eigenvalue weighted by Gasteiger charge is 2.17. The lowest BCUT2D eigenvalue weighted by atomic mass is 10.2. The molecule has 1 aromatic heterocycles. The Labute approximate surface area is 114 Å². The van der Waals surface area contributed by atoms with E-state index < -0.39 is 0 Å². The van der Waals surface area contributed by atoms with Crippen LogP contribution in [0.5, 0.6) is 0 Å². The maximum atomic E-state index is 6.15. The van der Waals surface area contributed by atoms with Crippen LogP contribution in [0.2, 0.25) is 15.3 Å². The van der Waals surface area contributed by atoms with Crippen LogP contribution in [0, 0.1) is 0 Å². The molecule has 0 saturated carbocycles. The number of halogens is 3. The molecule has 0 bridgehead atoms. The number of aromatic nitrogens is 3.